The predicted molar refractivity (Wildman–Crippen MR) is 69.4 cm³/mol. The summed E-state index contributed by atoms with van der Waals surface area (Å²) >= 11 is 1.88. The minimum atomic E-state index is -1.45. The van der Waals surface area contributed by atoms with Gasteiger partial charge in [0.25, 0.3) is 5.78 Å². The van der Waals surface area contributed by atoms with Crippen molar-refractivity contribution in [3.8, 4) is 5.75 Å². The Bertz CT molecular complexity index is 452. The number of para-hydroxylation sites is 1. The van der Waals surface area contributed by atoms with Crippen molar-refractivity contribution in [1.82, 2.24) is 0 Å². The molecule has 0 atom stereocenters. The number of carboxylic acid groups (broad SMARTS) is 1. The highest BCUT2D eigenvalue weighted by Gasteiger charge is 2.22. The first-order chi connectivity index (χ1) is 8.68. The summed E-state index contributed by atoms with van der Waals surface area (Å²) in [5.41, 5.74) is 0.128. The van der Waals surface area contributed by atoms with E-state index < -0.39 is 11.8 Å². The fourth-order valence-corrected chi connectivity index (χ4v) is 2.91. The number of thioether (sulfide) groups is 1. The summed E-state index contributed by atoms with van der Waals surface area (Å²) in [7, 11) is 0. The normalized spacial score (nSPS) is 16.2. The van der Waals surface area contributed by atoms with E-state index in [0.29, 0.717) is 5.75 Å². The van der Waals surface area contributed by atoms with Crippen molar-refractivity contribution in [3.05, 3.63) is 29.8 Å². The summed E-state index contributed by atoms with van der Waals surface area (Å²) in [4.78, 5) is 22.3. The zero-order chi connectivity index (χ0) is 13.0. The molecule has 0 spiro atoms. The first-order valence-electron chi connectivity index (χ1n) is 5.79. The lowest BCUT2D eigenvalue weighted by Crippen LogP contribution is -2.23. The van der Waals surface area contributed by atoms with Gasteiger partial charge in [-0.2, -0.15) is 11.8 Å². The van der Waals surface area contributed by atoms with E-state index in [4.69, 9.17) is 9.84 Å². The van der Waals surface area contributed by atoms with Crippen molar-refractivity contribution in [2.45, 2.75) is 18.9 Å². The summed E-state index contributed by atoms with van der Waals surface area (Å²) in [6.07, 6.45) is 1.94. The van der Waals surface area contributed by atoms with Crippen molar-refractivity contribution in [3.63, 3.8) is 0 Å². The molecular weight excluding hydrogens is 252 g/mol. The molecule has 1 heterocycles. The topological polar surface area (TPSA) is 63.6 Å². The SMILES string of the molecule is O=C(O)C(=O)c1ccccc1OC1CCSCC1. The third-order valence-electron chi connectivity index (χ3n) is 2.79. The number of Topliss-reactive ketones (excluding diaryl/α,β-unsaturated/α-hetero) is 1. The van der Waals surface area contributed by atoms with Crippen molar-refractivity contribution in [2.75, 3.05) is 11.5 Å². The monoisotopic (exact) mass is 266 g/mol. The van der Waals surface area contributed by atoms with Gasteiger partial charge in [-0.15, -0.1) is 0 Å². The van der Waals surface area contributed by atoms with Crippen LogP contribution >= 0.6 is 11.8 Å². The van der Waals surface area contributed by atoms with Gasteiger partial charge in [0.15, 0.2) is 0 Å². The molecule has 96 valence electrons. The molecule has 0 bridgehead atoms. The number of benzene rings is 1. The highest BCUT2D eigenvalue weighted by molar-refractivity contribution is 7.99. The average Bonchev–Trinajstić information content (AvgIpc) is 2.39. The van der Waals surface area contributed by atoms with E-state index in [9.17, 15) is 9.59 Å². The molecule has 1 N–H and O–H groups in total. The summed E-state index contributed by atoms with van der Waals surface area (Å²) in [6.45, 7) is 0. The van der Waals surface area contributed by atoms with Crippen molar-refractivity contribution < 1.29 is 19.4 Å². The van der Waals surface area contributed by atoms with Gasteiger partial charge in [-0.25, -0.2) is 4.79 Å². The number of ketones is 1. The van der Waals surface area contributed by atoms with E-state index in [2.05, 4.69) is 0 Å². The number of hydrogen-bond acceptors (Lipinski definition) is 4. The van der Waals surface area contributed by atoms with Crippen LogP contribution in [0.2, 0.25) is 0 Å². The van der Waals surface area contributed by atoms with E-state index in [1.165, 1.54) is 6.07 Å². The molecule has 1 aliphatic heterocycles. The van der Waals surface area contributed by atoms with Gasteiger partial charge in [0.05, 0.1) is 5.56 Å². The maximum Gasteiger partial charge on any atom is 0.377 e. The average molecular weight is 266 g/mol. The highest BCUT2D eigenvalue weighted by atomic mass is 32.2. The lowest BCUT2D eigenvalue weighted by molar-refractivity contribution is -0.131. The van der Waals surface area contributed by atoms with Gasteiger partial charge < -0.3 is 9.84 Å². The van der Waals surface area contributed by atoms with Crippen LogP contribution in [0, 0.1) is 0 Å². The molecule has 1 fully saturated rings. The van der Waals surface area contributed by atoms with Crippen LogP contribution in [0.25, 0.3) is 0 Å². The lowest BCUT2D eigenvalue weighted by atomic mass is 10.1. The molecule has 1 aliphatic rings. The quantitative estimate of drug-likeness (QED) is 0.668. The van der Waals surface area contributed by atoms with E-state index in [0.717, 1.165) is 24.3 Å². The molecule has 18 heavy (non-hydrogen) atoms. The lowest BCUT2D eigenvalue weighted by Gasteiger charge is -2.23. The maximum atomic E-state index is 11.5. The second-order valence-corrected chi connectivity index (χ2v) is 5.28. The van der Waals surface area contributed by atoms with Gasteiger partial charge in [0.2, 0.25) is 0 Å². The van der Waals surface area contributed by atoms with Crippen LogP contribution in [-0.4, -0.2) is 34.5 Å². The van der Waals surface area contributed by atoms with Crippen LogP contribution < -0.4 is 4.74 Å². The molecule has 1 saturated heterocycles. The second-order valence-electron chi connectivity index (χ2n) is 4.06. The molecule has 0 saturated carbocycles. The number of aliphatic carboxylic acids is 1. The van der Waals surface area contributed by atoms with Gasteiger partial charge in [-0.1, -0.05) is 12.1 Å². The van der Waals surface area contributed by atoms with Crippen LogP contribution in [0.5, 0.6) is 5.75 Å². The Morgan fingerprint density at radius 2 is 1.89 bits per heavy atom. The summed E-state index contributed by atoms with van der Waals surface area (Å²) in [5, 5.41) is 8.76. The fraction of sp³-hybridized carbons (Fsp3) is 0.385. The van der Waals surface area contributed by atoms with E-state index in [1.807, 2.05) is 11.8 Å². The Morgan fingerprint density at radius 1 is 1.22 bits per heavy atom. The van der Waals surface area contributed by atoms with Crippen molar-refractivity contribution in [2.24, 2.45) is 0 Å². The number of hydrogen-bond donors (Lipinski definition) is 1. The first-order valence-corrected chi connectivity index (χ1v) is 6.95. The summed E-state index contributed by atoms with van der Waals surface area (Å²) in [5.74, 6) is 0.0854. The number of carbonyl (C=O) groups excluding carboxylic acids is 1. The molecule has 4 nitrogen and oxygen atoms in total. The molecule has 5 heteroatoms. The number of carboxylic acids is 1. The zero-order valence-electron chi connectivity index (χ0n) is 9.80. The molecule has 1 aromatic rings. The minimum absolute atomic E-state index is 0.0778. The largest absolute Gasteiger partial charge is 0.490 e. The summed E-state index contributed by atoms with van der Waals surface area (Å²) in [6, 6.07) is 6.52. The first kappa shape index (κ1) is 13.0. The number of carbonyl (C=O) groups is 2. The third-order valence-corrected chi connectivity index (χ3v) is 3.84. The Morgan fingerprint density at radius 3 is 2.56 bits per heavy atom. The number of rotatable bonds is 4. The van der Waals surface area contributed by atoms with Crippen molar-refractivity contribution in [1.29, 1.82) is 0 Å². The van der Waals surface area contributed by atoms with Gasteiger partial charge in [-0.3, -0.25) is 4.79 Å². The Hall–Kier alpha value is -1.49. The minimum Gasteiger partial charge on any atom is -0.490 e. The van der Waals surface area contributed by atoms with Gasteiger partial charge >= 0.3 is 5.97 Å². The molecule has 0 unspecified atom stereocenters. The molecule has 1 aromatic carbocycles. The number of ether oxygens (including phenoxy) is 1. The zero-order valence-corrected chi connectivity index (χ0v) is 10.6. The molecule has 0 radical (unpaired) electrons. The van der Waals surface area contributed by atoms with Gasteiger partial charge in [0, 0.05) is 0 Å². The van der Waals surface area contributed by atoms with Crippen LogP contribution in [0.15, 0.2) is 24.3 Å². The van der Waals surface area contributed by atoms with E-state index in [-0.39, 0.29) is 11.7 Å². The highest BCUT2D eigenvalue weighted by Crippen LogP contribution is 2.25. The second kappa shape index (κ2) is 5.91. The Balaban J connectivity index is 2.16. The standard InChI is InChI=1S/C13H14O4S/c14-12(13(15)16)10-3-1-2-4-11(10)17-9-5-7-18-8-6-9/h1-4,9H,5-8H2,(H,15,16). The van der Waals surface area contributed by atoms with Gasteiger partial charge in [-0.05, 0) is 36.5 Å². The van der Waals surface area contributed by atoms with Crippen LogP contribution in [0.4, 0.5) is 0 Å². The maximum absolute atomic E-state index is 11.5. The molecule has 0 aromatic heterocycles. The Kier molecular flexibility index (Phi) is 4.25. The Labute approximate surface area is 109 Å². The molecule has 0 amide bonds. The van der Waals surface area contributed by atoms with Crippen LogP contribution in [0.1, 0.15) is 23.2 Å². The van der Waals surface area contributed by atoms with Crippen LogP contribution in [0.3, 0.4) is 0 Å². The smallest absolute Gasteiger partial charge is 0.377 e. The van der Waals surface area contributed by atoms with E-state index >= 15 is 0 Å². The van der Waals surface area contributed by atoms with Crippen LogP contribution in [-0.2, 0) is 4.79 Å². The molecule has 0 aliphatic carbocycles. The predicted octanol–water partition coefficient (Wildman–Crippen LogP) is 2.23. The summed E-state index contributed by atoms with van der Waals surface area (Å²) < 4.78 is 5.76. The third kappa shape index (κ3) is 3.04. The molecular formula is C13H14O4S. The fourth-order valence-electron chi connectivity index (χ4n) is 1.85. The van der Waals surface area contributed by atoms with E-state index in [1.54, 1.807) is 18.2 Å². The van der Waals surface area contributed by atoms with Gasteiger partial charge in [0.1, 0.15) is 11.9 Å². The molecule has 2 rings (SSSR count). The van der Waals surface area contributed by atoms with Crippen molar-refractivity contribution >= 4 is 23.5 Å².